The third kappa shape index (κ3) is 4.14. The molecular weight excluding hydrogens is 457 g/mol. The number of hydrogen-bond acceptors (Lipinski definition) is 7. The maximum Gasteiger partial charge on any atom is 0.407 e. The number of amides is 2. The lowest BCUT2D eigenvalue weighted by Gasteiger charge is -2.37. The summed E-state index contributed by atoms with van der Waals surface area (Å²) in [7, 11) is 0. The van der Waals surface area contributed by atoms with Gasteiger partial charge in [-0.1, -0.05) is 11.2 Å². The Morgan fingerprint density at radius 3 is 2.86 bits per heavy atom. The van der Waals surface area contributed by atoms with Gasteiger partial charge in [0.1, 0.15) is 17.2 Å². The monoisotopic (exact) mass is 479 g/mol. The lowest BCUT2D eigenvalue weighted by molar-refractivity contribution is 0.102. The fourth-order valence-corrected chi connectivity index (χ4v) is 4.10. The lowest BCUT2D eigenvalue weighted by Crippen LogP contribution is -2.53. The van der Waals surface area contributed by atoms with Gasteiger partial charge in [-0.2, -0.15) is 4.98 Å². The molecule has 4 aromatic rings. The fourth-order valence-electron chi connectivity index (χ4n) is 4.10. The van der Waals surface area contributed by atoms with Gasteiger partial charge in [-0.05, 0) is 38.1 Å². The van der Waals surface area contributed by atoms with E-state index in [-0.39, 0.29) is 29.1 Å². The van der Waals surface area contributed by atoms with Gasteiger partial charge in [0.25, 0.3) is 5.91 Å². The highest BCUT2D eigenvalue weighted by molar-refractivity contribution is 6.04. The first-order valence-electron chi connectivity index (χ1n) is 10.9. The summed E-state index contributed by atoms with van der Waals surface area (Å²) in [5.74, 6) is -0.828. The van der Waals surface area contributed by atoms with E-state index in [0.717, 1.165) is 0 Å². The van der Waals surface area contributed by atoms with E-state index in [0.29, 0.717) is 36.5 Å². The van der Waals surface area contributed by atoms with E-state index >= 15 is 0 Å². The van der Waals surface area contributed by atoms with Crippen LogP contribution in [-0.4, -0.2) is 67.2 Å². The number of fused-ring (bicyclic) bond motifs is 1. The number of hydrogen-bond donors (Lipinski definition) is 2. The highest BCUT2D eigenvalue weighted by Gasteiger charge is 2.30. The zero-order chi connectivity index (χ0) is 24.7. The van der Waals surface area contributed by atoms with Crippen LogP contribution in [0.4, 0.5) is 20.9 Å². The van der Waals surface area contributed by atoms with Gasteiger partial charge in [-0.15, -0.1) is 0 Å². The molecule has 2 amide bonds. The van der Waals surface area contributed by atoms with Crippen LogP contribution in [0, 0.1) is 12.7 Å². The van der Waals surface area contributed by atoms with Gasteiger partial charge in [-0.3, -0.25) is 9.20 Å². The minimum Gasteiger partial charge on any atom is -0.465 e. The molecule has 1 atom stereocenters. The molecule has 1 aliphatic rings. The molecule has 1 aliphatic heterocycles. The number of aromatic nitrogens is 4. The smallest absolute Gasteiger partial charge is 0.407 e. The molecule has 0 bridgehead atoms. The summed E-state index contributed by atoms with van der Waals surface area (Å²) in [4.78, 5) is 35.9. The molecule has 12 heteroatoms. The Balaban J connectivity index is 1.38. The highest BCUT2D eigenvalue weighted by Crippen LogP contribution is 2.28. The van der Waals surface area contributed by atoms with Crippen molar-refractivity contribution in [1.29, 1.82) is 0 Å². The van der Waals surface area contributed by atoms with Crippen LogP contribution in [-0.2, 0) is 0 Å². The molecule has 0 radical (unpaired) electrons. The van der Waals surface area contributed by atoms with E-state index in [9.17, 15) is 19.1 Å². The van der Waals surface area contributed by atoms with Gasteiger partial charge >= 0.3 is 12.1 Å². The summed E-state index contributed by atoms with van der Waals surface area (Å²) >= 11 is 0. The molecule has 4 heterocycles. The second kappa shape index (κ2) is 8.70. The predicted molar refractivity (Wildman–Crippen MR) is 124 cm³/mol. The Morgan fingerprint density at radius 1 is 1.26 bits per heavy atom. The average molecular weight is 479 g/mol. The Hall–Kier alpha value is -4.48. The van der Waals surface area contributed by atoms with Crippen LogP contribution in [0.1, 0.15) is 23.0 Å². The SMILES string of the molecule is Cc1c(F)cc(-c2noc(N3CCN(C(=O)O)C(C)C3)n2)cc1NC(=O)c1cnc2ccccn12. The predicted octanol–water partition coefficient (Wildman–Crippen LogP) is 3.27. The van der Waals surface area contributed by atoms with Gasteiger partial charge in [0.2, 0.25) is 5.82 Å². The average Bonchev–Trinajstić information content (AvgIpc) is 3.49. The van der Waals surface area contributed by atoms with Crippen molar-refractivity contribution in [2.24, 2.45) is 0 Å². The molecule has 0 aliphatic carbocycles. The lowest BCUT2D eigenvalue weighted by atomic mass is 10.1. The number of benzene rings is 1. The molecule has 1 fully saturated rings. The Morgan fingerprint density at radius 2 is 2.09 bits per heavy atom. The first-order chi connectivity index (χ1) is 16.8. The van der Waals surface area contributed by atoms with Crippen molar-refractivity contribution in [2.75, 3.05) is 29.9 Å². The summed E-state index contributed by atoms with van der Waals surface area (Å²) in [5, 5.41) is 16.0. The van der Waals surface area contributed by atoms with Crippen molar-refractivity contribution in [3.8, 4) is 11.4 Å². The molecule has 0 spiro atoms. The third-order valence-corrected chi connectivity index (χ3v) is 6.06. The zero-order valence-corrected chi connectivity index (χ0v) is 19.0. The van der Waals surface area contributed by atoms with Crippen LogP contribution in [0.5, 0.6) is 0 Å². The standard InChI is InChI=1S/C23H22FN7O4/c1-13-12-29(7-8-30(13)23(33)34)22-27-20(28-35-22)15-9-16(24)14(2)17(10-15)26-21(32)18-11-25-19-5-3-4-6-31(18)19/h3-6,9-11,13H,7-8,12H2,1-2H3,(H,26,32)(H,33,34). The molecule has 1 unspecified atom stereocenters. The molecule has 5 rings (SSSR count). The van der Waals surface area contributed by atoms with E-state index in [1.807, 2.05) is 6.07 Å². The minimum atomic E-state index is -0.975. The van der Waals surface area contributed by atoms with Crippen molar-refractivity contribution in [2.45, 2.75) is 19.9 Å². The maximum atomic E-state index is 14.8. The Bertz CT molecular complexity index is 1430. The topological polar surface area (TPSA) is 129 Å². The molecule has 35 heavy (non-hydrogen) atoms. The first-order valence-corrected chi connectivity index (χ1v) is 10.9. The van der Waals surface area contributed by atoms with Crippen LogP contribution >= 0.6 is 0 Å². The number of carbonyl (C=O) groups excluding carboxylic acids is 1. The minimum absolute atomic E-state index is 0.150. The molecular formula is C23H22FN7O4. The van der Waals surface area contributed by atoms with Crippen molar-refractivity contribution in [3.63, 3.8) is 0 Å². The molecule has 2 N–H and O–H groups in total. The van der Waals surface area contributed by atoms with Crippen molar-refractivity contribution >= 4 is 29.3 Å². The molecule has 180 valence electrons. The molecule has 1 saturated heterocycles. The van der Waals surface area contributed by atoms with Crippen molar-refractivity contribution in [1.82, 2.24) is 24.4 Å². The summed E-state index contributed by atoms with van der Waals surface area (Å²) < 4.78 is 21.8. The quantitative estimate of drug-likeness (QED) is 0.456. The van der Waals surface area contributed by atoms with E-state index < -0.39 is 17.8 Å². The van der Waals surface area contributed by atoms with Crippen LogP contribution in [0.15, 0.2) is 47.2 Å². The maximum absolute atomic E-state index is 14.8. The van der Waals surface area contributed by atoms with E-state index in [4.69, 9.17) is 4.52 Å². The number of nitrogens with one attached hydrogen (secondary N) is 1. The van der Waals surface area contributed by atoms with Crippen LogP contribution < -0.4 is 10.2 Å². The number of carboxylic acid groups (broad SMARTS) is 1. The zero-order valence-electron chi connectivity index (χ0n) is 19.0. The highest BCUT2D eigenvalue weighted by atomic mass is 19.1. The first kappa shape index (κ1) is 22.3. The van der Waals surface area contributed by atoms with Crippen molar-refractivity contribution < 1.29 is 23.6 Å². The van der Waals surface area contributed by atoms with E-state index in [2.05, 4.69) is 20.4 Å². The number of halogens is 1. The van der Waals surface area contributed by atoms with E-state index in [1.54, 1.807) is 47.5 Å². The Labute approximate surface area is 198 Å². The second-order valence-corrected chi connectivity index (χ2v) is 8.33. The van der Waals surface area contributed by atoms with Crippen LogP contribution in [0.2, 0.25) is 0 Å². The summed E-state index contributed by atoms with van der Waals surface area (Å²) in [6, 6.07) is 8.20. The second-order valence-electron chi connectivity index (χ2n) is 8.33. The van der Waals surface area contributed by atoms with Gasteiger partial charge in [-0.25, -0.2) is 14.2 Å². The van der Waals surface area contributed by atoms with Gasteiger partial charge in [0.15, 0.2) is 0 Å². The summed E-state index contributed by atoms with van der Waals surface area (Å²) in [6.45, 7) is 4.44. The number of pyridine rings is 1. The Kier molecular flexibility index (Phi) is 5.55. The number of carbonyl (C=O) groups is 2. The summed E-state index contributed by atoms with van der Waals surface area (Å²) in [5.41, 5.74) is 1.78. The third-order valence-electron chi connectivity index (χ3n) is 6.06. The van der Waals surface area contributed by atoms with Gasteiger partial charge in [0, 0.05) is 48.7 Å². The largest absolute Gasteiger partial charge is 0.465 e. The van der Waals surface area contributed by atoms with Gasteiger partial charge in [0.05, 0.1) is 6.20 Å². The number of imidazole rings is 1. The number of anilines is 2. The number of piperazine rings is 1. The molecule has 0 saturated carbocycles. The normalized spacial score (nSPS) is 16.0. The van der Waals surface area contributed by atoms with Crippen molar-refractivity contribution in [3.05, 3.63) is 59.8 Å². The summed E-state index contributed by atoms with van der Waals surface area (Å²) in [6.07, 6.45) is 2.20. The van der Waals surface area contributed by atoms with Crippen LogP contribution in [0.3, 0.4) is 0 Å². The van der Waals surface area contributed by atoms with Crippen LogP contribution in [0.25, 0.3) is 17.0 Å². The molecule has 11 nitrogen and oxygen atoms in total. The van der Waals surface area contributed by atoms with E-state index in [1.165, 1.54) is 17.2 Å². The molecule has 3 aromatic heterocycles. The number of rotatable bonds is 4. The molecule has 1 aromatic carbocycles. The van der Waals surface area contributed by atoms with Gasteiger partial charge < -0.3 is 24.7 Å². The fraction of sp³-hybridized carbons (Fsp3) is 0.261. The number of nitrogens with zero attached hydrogens (tertiary/aromatic N) is 6.